The molecule has 1 aromatic rings. The molecule has 3 atom stereocenters. The Morgan fingerprint density at radius 2 is 2.16 bits per heavy atom. The number of alkyl halides is 1. The first-order chi connectivity index (χ1) is 9.10. The fourth-order valence-corrected chi connectivity index (χ4v) is 3.92. The van der Waals surface area contributed by atoms with Gasteiger partial charge in [0.1, 0.15) is 5.82 Å². The van der Waals surface area contributed by atoms with Crippen LogP contribution >= 0.6 is 27.5 Å². The van der Waals surface area contributed by atoms with Crippen molar-refractivity contribution in [1.29, 1.82) is 0 Å². The molecule has 0 nitrogen and oxygen atoms in total. The van der Waals surface area contributed by atoms with Gasteiger partial charge in [-0.3, -0.25) is 0 Å². The van der Waals surface area contributed by atoms with E-state index in [2.05, 4.69) is 22.9 Å². The average molecular weight is 348 g/mol. The van der Waals surface area contributed by atoms with Crippen molar-refractivity contribution >= 4 is 27.5 Å². The fourth-order valence-electron chi connectivity index (χ4n) is 3.18. The lowest BCUT2D eigenvalue weighted by atomic mass is 9.76. The highest BCUT2D eigenvalue weighted by molar-refractivity contribution is 9.10. The number of halogens is 3. The largest absolute Gasteiger partial charge is 0.206 e. The van der Waals surface area contributed by atoms with Crippen molar-refractivity contribution in [3.05, 3.63) is 34.1 Å². The van der Waals surface area contributed by atoms with Gasteiger partial charge in [0, 0.05) is 5.38 Å². The van der Waals surface area contributed by atoms with Gasteiger partial charge >= 0.3 is 0 Å². The molecule has 2 rings (SSSR count). The van der Waals surface area contributed by atoms with Crippen LogP contribution in [0.5, 0.6) is 0 Å². The van der Waals surface area contributed by atoms with Crippen LogP contribution in [0.15, 0.2) is 22.7 Å². The summed E-state index contributed by atoms with van der Waals surface area (Å²) in [6.07, 6.45) is 7.15. The Balaban J connectivity index is 2.01. The molecule has 0 spiro atoms. The number of rotatable bonds is 4. The molecule has 0 bridgehead atoms. The van der Waals surface area contributed by atoms with Gasteiger partial charge in [-0.25, -0.2) is 4.39 Å². The van der Waals surface area contributed by atoms with Crippen molar-refractivity contribution in [3.63, 3.8) is 0 Å². The summed E-state index contributed by atoms with van der Waals surface area (Å²) in [4.78, 5) is 0. The average Bonchev–Trinajstić information content (AvgIpc) is 2.38. The summed E-state index contributed by atoms with van der Waals surface area (Å²) < 4.78 is 13.8. The molecule has 1 saturated carbocycles. The van der Waals surface area contributed by atoms with Gasteiger partial charge in [-0.1, -0.05) is 25.8 Å². The first kappa shape index (κ1) is 15.3. The minimum atomic E-state index is -0.196. The minimum Gasteiger partial charge on any atom is -0.206 e. The van der Waals surface area contributed by atoms with Crippen LogP contribution < -0.4 is 0 Å². The molecular formula is C16H21BrClF. The minimum absolute atomic E-state index is 0.196. The summed E-state index contributed by atoms with van der Waals surface area (Å²) in [6.45, 7) is 2.25. The molecule has 106 valence electrons. The Morgan fingerprint density at radius 1 is 1.37 bits per heavy atom. The van der Waals surface area contributed by atoms with E-state index >= 15 is 0 Å². The van der Waals surface area contributed by atoms with E-state index in [0.29, 0.717) is 10.4 Å². The van der Waals surface area contributed by atoms with Crippen molar-refractivity contribution < 1.29 is 4.39 Å². The SMILES string of the molecule is CCCC1CCC(Cl)C(Cc2ccc(F)c(Br)c2)C1. The van der Waals surface area contributed by atoms with Crippen molar-refractivity contribution in [2.24, 2.45) is 11.8 Å². The van der Waals surface area contributed by atoms with Crippen molar-refractivity contribution in [2.75, 3.05) is 0 Å². The maximum Gasteiger partial charge on any atom is 0.137 e. The summed E-state index contributed by atoms with van der Waals surface area (Å²) in [7, 11) is 0. The van der Waals surface area contributed by atoms with Gasteiger partial charge in [0.15, 0.2) is 0 Å². The number of hydrogen-bond acceptors (Lipinski definition) is 0. The van der Waals surface area contributed by atoms with Gasteiger partial charge in [0.05, 0.1) is 4.47 Å². The Morgan fingerprint density at radius 3 is 2.84 bits per heavy atom. The van der Waals surface area contributed by atoms with Crippen LogP contribution in [-0.2, 0) is 6.42 Å². The van der Waals surface area contributed by atoms with E-state index in [4.69, 9.17) is 11.6 Å². The van der Waals surface area contributed by atoms with Gasteiger partial charge in [0.2, 0.25) is 0 Å². The van der Waals surface area contributed by atoms with Gasteiger partial charge in [-0.2, -0.15) is 0 Å². The summed E-state index contributed by atoms with van der Waals surface area (Å²) in [6, 6.07) is 5.31. The molecular weight excluding hydrogens is 327 g/mol. The Bertz CT molecular complexity index is 421. The first-order valence-electron chi connectivity index (χ1n) is 7.18. The van der Waals surface area contributed by atoms with Crippen LogP contribution in [0.3, 0.4) is 0 Å². The maximum atomic E-state index is 13.2. The molecule has 0 saturated heterocycles. The highest BCUT2D eigenvalue weighted by Crippen LogP contribution is 2.37. The van der Waals surface area contributed by atoms with E-state index in [0.717, 1.165) is 18.8 Å². The van der Waals surface area contributed by atoms with Crippen LogP contribution in [0.2, 0.25) is 0 Å². The normalized spacial score (nSPS) is 27.5. The van der Waals surface area contributed by atoms with Crippen molar-refractivity contribution in [2.45, 2.75) is 50.8 Å². The van der Waals surface area contributed by atoms with Crippen LogP contribution in [-0.4, -0.2) is 5.38 Å². The lowest BCUT2D eigenvalue weighted by Crippen LogP contribution is -2.27. The van der Waals surface area contributed by atoms with Crippen LogP contribution in [0.4, 0.5) is 4.39 Å². The second-order valence-corrected chi connectivity index (χ2v) is 7.11. The van der Waals surface area contributed by atoms with Crippen molar-refractivity contribution in [1.82, 2.24) is 0 Å². The summed E-state index contributed by atoms with van der Waals surface area (Å²) in [5.74, 6) is 1.16. The maximum absolute atomic E-state index is 13.2. The highest BCUT2D eigenvalue weighted by atomic mass is 79.9. The third kappa shape index (κ3) is 4.19. The molecule has 1 aromatic carbocycles. The predicted octanol–water partition coefficient (Wildman–Crippen LogP) is 5.95. The van der Waals surface area contributed by atoms with E-state index in [9.17, 15) is 4.39 Å². The summed E-state index contributed by atoms with van der Waals surface area (Å²) >= 11 is 9.74. The lowest BCUT2D eigenvalue weighted by molar-refractivity contribution is 0.257. The third-order valence-electron chi connectivity index (χ3n) is 4.18. The second kappa shape index (κ2) is 7.08. The van der Waals surface area contributed by atoms with Gasteiger partial charge in [-0.15, -0.1) is 11.6 Å². The van der Waals surface area contributed by atoms with E-state index in [1.54, 1.807) is 0 Å². The van der Waals surface area contributed by atoms with E-state index in [1.165, 1.54) is 37.3 Å². The standard InChI is InChI=1S/C16H21BrClF/c1-2-3-11-4-6-15(18)13(8-11)9-12-5-7-16(19)14(17)10-12/h5,7,10-11,13,15H,2-4,6,8-9H2,1H3. The van der Waals surface area contributed by atoms with E-state index in [-0.39, 0.29) is 11.2 Å². The quantitative estimate of drug-likeness (QED) is 0.590. The van der Waals surface area contributed by atoms with Gasteiger partial charge in [-0.05, 0) is 71.1 Å². The van der Waals surface area contributed by atoms with Gasteiger partial charge in [0.25, 0.3) is 0 Å². The zero-order valence-electron chi connectivity index (χ0n) is 11.3. The topological polar surface area (TPSA) is 0 Å². The molecule has 1 aliphatic rings. The number of hydrogen-bond donors (Lipinski definition) is 0. The molecule has 0 N–H and O–H groups in total. The molecule has 3 heteroatoms. The first-order valence-corrected chi connectivity index (χ1v) is 8.41. The van der Waals surface area contributed by atoms with Crippen molar-refractivity contribution in [3.8, 4) is 0 Å². The highest BCUT2D eigenvalue weighted by Gasteiger charge is 2.28. The molecule has 0 radical (unpaired) electrons. The Hall–Kier alpha value is -0.0800. The van der Waals surface area contributed by atoms with E-state index in [1.807, 2.05) is 12.1 Å². The third-order valence-corrected chi connectivity index (χ3v) is 5.36. The predicted molar refractivity (Wildman–Crippen MR) is 83.2 cm³/mol. The molecule has 0 aliphatic heterocycles. The van der Waals surface area contributed by atoms with Crippen LogP contribution in [0.1, 0.15) is 44.6 Å². The monoisotopic (exact) mass is 346 g/mol. The fraction of sp³-hybridized carbons (Fsp3) is 0.625. The molecule has 0 amide bonds. The zero-order valence-corrected chi connectivity index (χ0v) is 13.7. The Kier molecular flexibility index (Phi) is 5.70. The second-order valence-electron chi connectivity index (χ2n) is 5.70. The molecule has 19 heavy (non-hydrogen) atoms. The molecule has 1 aliphatic carbocycles. The molecule has 0 aromatic heterocycles. The van der Waals surface area contributed by atoms with Gasteiger partial charge < -0.3 is 0 Å². The molecule has 1 fully saturated rings. The molecule has 0 heterocycles. The smallest absolute Gasteiger partial charge is 0.137 e. The van der Waals surface area contributed by atoms with Crippen LogP contribution in [0, 0.1) is 17.7 Å². The lowest BCUT2D eigenvalue weighted by Gasteiger charge is -2.33. The number of benzene rings is 1. The summed E-state index contributed by atoms with van der Waals surface area (Å²) in [5.41, 5.74) is 1.18. The van der Waals surface area contributed by atoms with E-state index < -0.39 is 0 Å². The summed E-state index contributed by atoms with van der Waals surface area (Å²) in [5, 5.41) is 0.275. The molecule has 3 unspecified atom stereocenters. The van der Waals surface area contributed by atoms with Crippen LogP contribution in [0.25, 0.3) is 0 Å². The Labute approximate surface area is 128 Å². The zero-order chi connectivity index (χ0) is 13.8.